The number of hydrogen-bond acceptors (Lipinski definition) is 6. The molecule has 0 fully saturated rings. The summed E-state index contributed by atoms with van der Waals surface area (Å²) in [5, 5.41) is 21.6. The van der Waals surface area contributed by atoms with Crippen LogP contribution in [0, 0.1) is 10.1 Å². The van der Waals surface area contributed by atoms with Gasteiger partial charge in [0.05, 0.1) is 35.3 Å². The van der Waals surface area contributed by atoms with E-state index < -0.39 is 16.8 Å². The topological polar surface area (TPSA) is 119 Å². The number of thioether (sulfide) groups is 1. The Labute approximate surface area is 118 Å². The molecule has 0 atom stereocenters. The van der Waals surface area contributed by atoms with Crippen molar-refractivity contribution in [3.63, 3.8) is 0 Å². The van der Waals surface area contributed by atoms with Crippen molar-refractivity contribution >= 4 is 35.0 Å². The Morgan fingerprint density at radius 1 is 1.45 bits per heavy atom. The van der Waals surface area contributed by atoms with E-state index in [9.17, 15) is 19.7 Å². The molecule has 1 aromatic rings. The molecular weight excluding hydrogens is 288 g/mol. The lowest BCUT2D eigenvalue weighted by Gasteiger charge is -2.09. The molecule has 8 nitrogen and oxygen atoms in total. The Morgan fingerprint density at radius 3 is 2.70 bits per heavy atom. The molecule has 0 aliphatic rings. The summed E-state index contributed by atoms with van der Waals surface area (Å²) < 4.78 is 4.96. The van der Waals surface area contributed by atoms with Gasteiger partial charge >= 0.3 is 5.97 Å². The summed E-state index contributed by atoms with van der Waals surface area (Å²) >= 11 is 0.950. The number of anilines is 1. The summed E-state index contributed by atoms with van der Waals surface area (Å²) in [6.45, 7) is 0. The number of nitro groups is 1. The van der Waals surface area contributed by atoms with Crippen LogP contribution in [0.2, 0.25) is 0 Å². The van der Waals surface area contributed by atoms with Crippen molar-refractivity contribution in [1.82, 2.24) is 0 Å². The van der Waals surface area contributed by atoms with Crippen LogP contribution in [-0.4, -0.2) is 40.5 Å². The molecule has 1 rings (SSSR count). The third-order valence-corrected chi connectivity index (χ3v) is 3.05. The number of benzene rings is 1. The summed E-state index contributed by atoms with van der Waals surface area (Å²) in [5.74, 6) is -1.47. The van der Waals surface area contributed by atoms with Crippen molar-refractivity contribution in [2.45, 2.75) is 0 Å². The van der Waals surface area contributed by atoms with E-state index in [-0.39, 0.29) is 22.9 Å². The number of rotatable bonds is 7. The first kappa shape index (κ1) is 15.8. The van der Waals surface area contributed by atoms with Gasteiger partial charge in [0.25, 0.3) is 5.69 Å². The molecule has 0 spiro atoms. The molecule has 0 saturated carbocycles. The van der Waals surface area contributed by atoms with Gasteiger partial charge in [-0.2, -0.15) is 0 Å². The molecule has 108 valence electrons. The zero-order valence-electron chi connectivity index (χ0n) is 10.5. The largest absolute Gasteiger partial charge is 0.494 e. The fraction of sp³-hybridized carbons (Fsp3) is 0.273. The number of amides is 1. The van der Waals surface area contributed by atoms with Crippen LogP contribution in [0.4, 0.5) is 11.4 Å². The van der Waals surface area contributed by atoms with Crippen molar-refractivity contribution in [3.8, 4) is 5.75 Å². The zero-order valence-corrected chi connectivity index (χ0v) is 11.3. The summed E-state index contributed by atoms with van der Waals surface area (Å²) in [7, 11) is 1.33. The number of carbonyl (C=O) groups excluding carboxylic acids is 1. The standard InChI is InChI=1S/C11H12N2O6S/c1-19-9-4-7(13(17)18)2-3-8(9)12-10(14)5-20-6-11(15)16/h2-4H,5-6H2,1H3,(H,12,14)(H,15,16). The second-order valence-electron chi connectivity index (χ2n) is 3.58. The van der Waals surface area contributed by atoms with Crippen LogP contribution in [0.1, 0.15) is 0 Å². The number of non-ortho nitro benzene ring substituents is 1. The fourth-order valence-electron chi connectivity index (χ4n) is 1.31. The van der Waals surface area contributed by atoms with Crippen LogP contribution in [0.15, 0.2) is 18.2 Å². The van der Waals surface area contributed by atoms with Gasteiger partial charge in [0, 0.05) is 6.07 Å². The summed E-state index contributed by atoms with van der Waals surface area (Å²) in [5.41, 5.74) is 0.138. The number of nitrogens with zero attached hydrogens (tertiary/aromatic N) is 1. The molecule has 0 bridgehead atoms. The average molecular weight is 300 g/mol. The number of nitrogens with one attached hydrogen (secondary N) is 1. The number of carboxylic acids is 1. The summed E-state index contributed by atoms with van der Waals surface area (Å²) in [6.07, 6.45) is 0. The molecule has 9 heteroatoms. The maximum absolute atomic E-state index is 11.6. The van der Waals surface area contributed by atoms with Crippen molar-refractivity contribution in [2.75, 3.05) is 23.9 Å². The molecular formula is C11H12N2O6S. The lowest BCUT2D eigenvalue weighted by molar-refractivity contribution is -0.384. The first-order valence-corrected chi connectivity index (χ1v) is 6.51. The van der Waals surface area contributed by atoms with Gasteiger partial charge in [0.1, 0.15) is 5.75 Å². The number of hydrogen-bond donors (Lipinski definition) is 2. The van der Waals surface area contributed by atoms with Crippen LogP contribution in [-0.2, 0) is 9.59 Å². The Hall–Kier alpha value is -2.29. The van der Waals surface area contributed by atoms with Crippen molar-refractivity contribution in [2.24, 2.45) is 0 Å². The smallest absolute Gasteiger partial charge is 0.313 e. The predicted molar refractivity (Wildman–Crippen MR) is 73.2 cm³/mol. The molecule has 0 unspecified atom stereocenters. The van der Waals surface area contributed by atoms with E-state index in [1.165, 1.54) is 25.3 Å². The lowest BCUT2D eigenvalue weighted by Crippen LogP contribution is -2.16. The number of aliphatic carboxylic acids is 1. The molecule has 0 saturated heterocycles. The molecule has 0 aliphatic heterocycles. The van der Waals surface area contributed by atoms with Crippen molar-refractivity contribution in [1.29, 1.82) is 0 Å². The van der Waals surface area contributed by atoms with Gasteiger partial charge in [-0.3, -0.25) is 19.7 Å². The van der Waals surface area contributed by atoms with Gasteiger partial charge in [0.15, 0.2) is 0 Å². The summed E-state index contributed by atoms with van der Waals surface area (Å²) in [6, 6.07) is 3.79. The second-order valence-corrected chi connectivity index (χ2v) is 4.56. The molecule has 2 N–H and O–H groups in total. The molecule has 0 heterocycles. The minimum absolute atomic E-state index is 0.0353. The van der Waals surface area contributed by atoms with Crippen molar-refractivity contribution < 1.29 is 24.4 Å². The Kier molecular flexibility index (Phi) is 5.78. The first-order chi connectivity index (χ1) is 9.43. The SMILES string of the molecule is COc1cc([N+](=O)[O-])ccc1NC(=O)CSCC(=O)O. The van der Waals surface area contributed by atoms with Gasteiger partial charge in [-0.05, 0) is 6.07 Å². The van der Waals surface area contributed by atoms with E-state index in [1.54, 1.807) is 0 Å². The van der Waals surface area contributed by atoms with E-state index in [0.717, 1.165) is 11.8 Å². The van der Waals surface area contributed by atoms with Crippen molar-refractivity contribution in [3.05, 3.63) is 28.3 Å². The number of carboxylic acid groups (broad SMARTS) is 1. The summed E-state index contributed by atoms with van der Waals surface area (Å²) in [4.78, 5) is 31.9. The first-order valence-electron chi connectivity index (χ1n) is 5.36. The maximum Gasteiger partial charge on any atom is 0.313 e. The maximum atomic E-state index is 11.6. The van der Waals surface area contributed by atoms with E-state index >= 15 is 0 Å². The Morgan fingerprint density at radius 2 is 2.15 bits per heavy atom. The number of carbonyl (C=O) groups is 2. The minimum Gasteiger partial charge on any atom is -0.494 e. The number of methoxy groups -OCH3 is 1. The van der Waals surface area contributed by atoms with Gasteiger partial charge in [-0.15, -0.1) is 11.8 Å². The number of ether oxygens (including phenoxy) is 1. The van der Waals surface area contributed by atoms with Crippen LogP contribution in [0.5, 0.6) is 5.75 Å². The highest BCUT2D eigenvalue weighted by molar-refractivity contribution is 8.00. The molecule has 20 heavy (non-hydrogen) atoms. The third-order valence-electron chi connectivity index (χ3n) is 2.13. The predicted octanol–water partition coefficient (Wildman–Crippen LogP) is 1.36. The lowest BCUT2D eigenvalue weighted by atomic mass is 10.2. The van der Waals surface area contributed by atoms with Crippen LogP contribution >= 0.6 is 11.8 Å². The van der Waals surface area contributed by atoms with Crippen LogP contribution < -0.4 is 10.1 Å². The molecule has 1 amide bonds. The second kappa shape index (κ2) is 7.34. The highest BCUT2D eigenvalue weighted by atomic mass is 32.2. The molecule has 1 aromatic carbocycles. The van der Waals surface area contributed by atoms with Gasteiger partial charge < -0.3 is 15.2 Å². The van der Waals surface area contributed by atoms with E-state index in [4.69, 9.17) is 9.84 Å². The number of nitro benzene ring substituents is 1. The van der Waals surface area contributed by atoms with Gasteiger partial charge in [-0.25, -0.2) is 0 Å². The average Bonchev–Trinajstić information content (AvgIpc) is 2.38. The fourth-order valence-corrected chi connectivity index (χ4v) is 1.85. The molecule has 0 aromatic heterocycles. The quantitative estimate of drug-likeness (QED) is 0.576. The van der Waals surface area contributed by atoms with Gasteiger partial charge in [0.2, 0.25) is 5.91 Å². The zero-order chi connectivity index (χ0) is 15.1. The van der Waals surface area contributed by atoms with Gasteiger partial charge in [-0.1, -0.05) is 0 Å². The van der Waals surface area contributed by atoms with E-state index in [0.29, 0.717) is 5.69 Å². The Bertz CT molecular complexity index is 534. The molecule has 0 radical (unpaired) electrons. The van der Waals surface area contributed by atoms with Crippen LogP contribution in [0.25, 0.3) is 0 Å². The van der Waals surface area contributed by atoms with E-state index in [1.807, 2.05) is 0 Å². The molecule has 0 aliphatic carbocycles. The van der Waals surface area contributed by atoms with Crippen LogP contribution in [0.3, 0.4) is 0 Å². The van der Waals surface area contributed by atoms with E-state index in [2.05, 4.69) is 5.32 Å². The highest BCUT2D eigenvalue weighted by Gasteiger charge is 2.13. The minimum atomic E-state index is -1.00. The Balaban J connectivity index is 2.69. The normalized spacial score (nSPS) is 9.85. The third kappa shape index (κ3) is 4.76. The monoisotopic (exact) mass is 300 g/mol. The highest BCUT2D eigenvalue weighted by Crippen LogP contribution is 2.29.